The maximum atomic E-state index is 12.0. The van der Waals surface area contributed by atoms with Crippen LogP contribution < -0.4 is 10.6 Å². The molecule has 6 heteroatoms. The van der Waals surface area contributed by atoms with Gasteiger partial charge in [0.25, 0.3) is 5.91 Å². The molecule has 2 unspecified atom stereocenters. The fourth-order valence-corrected chi connectivity index (χ4v) is 2.18. The molecule has 1 heterocycles. The van der Waals surface area contributed by atoms with Crippen molar-refractivity contribution in [1.29, 1.82) is 0 Å². The third-order valence-corrected chi connectivity index (χ3v) is 3.46. The van der Waals surface area contributed by atoms with Crippen LogP contribution in [0.5, 0.6) is 0 Å². The molecular weight excluding hydrogens is 280 g/mol. The van der Waals surface area contributed by atoms with E-state index in [0.717, 1.165) is 12.1 Å². The number of carbonyl (C=O) groups excluding carboxylic acids is 1. The van der Waals surface area contributed by atoms with Gasteiger partial charge in [-0.05, 0) is 17.7 Å². The van der Waals surface area contributed by atoms with Gasteiger partial charge in [-0.25, -0.2) is 0 Å². The van der Waals surface area contributed by atoms with Crippen LogP contribution in [0.1, 0.15) is 11.7 Å². The number of hydrogen-bond acceptors (Lipinski definition) is 4. The zero-order chi connectivity index (χ0) is 14.4. The molecule has 2 N–H and O–H groups in total. The summed E-state index contributed by atoms with van der Waals surface area (Å²) < 4.78 is 10.8. The fraction of sp³-hybridized carbons (Fsp3) is 0.500. The van der Waals surface area contributed by atoms with Gasteiger partial charge in [0.1, 0.15) is 6.10 Å². The summed E-state index contributed by atoms with van der Waals surface area (Å²) in [6.45, 7) is 2.29. The number of nitrogens with one attached hydrogen (secondary N) is 2. The maximum Gasteiger partial charge on any atom is 0.250 e. The zero-order valence-electron chi connectivity index (χ0n) is 11.4. The standard InChI is InChI=1S/C14H19ClN2O3/c1-19-12(10-2-4-11(15)5-3-10)9-17-14(18)13-8-16-6-7-20-13/h2-5,12-13,16H,6-9H2,1H3,(H,17,18). The molecule has 0 aliphatic carbocycles. The minimum atomic E-state index is -0.425. The Morgan fingerprint density at radius 3 is 2.90 bits per heavy atom. The number of carbonyl (C=O) groups is 1. The van der Waals surface area contributed by atoms with E-state index in [2.05, 4.69) is 10.6 Å². The van der Waals surface area contributed by atoms with Gasteiger partial charge in [-0.2, -0.15) is 0 Å². The van der Waals surface area contributed by atoms with E-state index < -0.39 is 6.10 Å². The van der Waals surface area contributed by atoms with Crippen molar-refractivity contribution < 1.29 is 14.3 Å². The first-order chi connectivity index (χ1) is 9.70. The molecule has 110 valence electrons. The van der Waals surface area contributed by atoms with E-state index in [9.17, 15) is 4.79 Å². The normalized spacial score (nSPS) is 20.4. The van der Waals surface area contributed by atoms with Gasteiger partial charge < -0.3 is 20.1 Å². The Bertz CT molecular complexity index is 433. The van der Waals surface area contributed by atoms with Gasteiger partial charge >= 0.3 is 0 Å². The van der Waals surface area contributed by atoms with Crippen molar-refractivity contribution >= 4 is 17.5 Å². The summed E-state index contributed by atoms with van der Waals surface area (Å²) in [5.74, 6) is -0.117. The van der Waals surface area contributed by atoms with Crippen molar-refractivity contribution in [2.75, 3.05) is 33.4 Å². The maximum absolute atomic E-state index is 12.0. The molecular formula is C14H19ClN2O3. The van der Waals surface area contributed by atoms with E-state index >= 15 is 0 Å². The molecule has 1 saturated heterocycles. The van der Waals surface area contributed by atoms with Crippen molar-refractivity contribution in [3.8, 4) is 0 Å². The van der Waals surface area contributed by atoms with E-state index in [-0.39, 0.29) is 12.0 Å². The molecule has 2 rings (SSSR count). The molecule has 0 saturated carbocycles. The lowest BCUT2D eigenvalue weighted by Crippen LogP contribution is -2.48. The highest BCUT2D eigenvalue weighted by atomic mass is 35.5. The van der Waals surface area contributed by atoms with Crippen LogP contribution in [0.3, 0.4) is 0 Å². The first-order valence-corrected chi connectivity index (χ1v) is 6.97. The third-order valence-electron chi connectivity index (χ3n) is 3.21. The molecule has 1 aromatic rings. The van der Waals surface area contributed by atoms with Crippen LogP contribution in [0, 0.1) is 0 Å². The van der Waals surface area contributed by atoms with E-state index in [0.29, 0.717) is 24.7 Å². The summed E-state index contributed by atoms with van der Waals surface area (Å²) in [5, 5.41) is 6.65. The average Bonchev–Trinajstić information content (AvgIpc) is 2.50. The number of halogens is 1. The van der Waals surface area contributed by atoms with E-state index in [1.165, 1.54) is 0 Å². The molecule has 0 radical (unpaired) electrons. The summed E-state index contributed by atoms with van der Waals surface area (Å²) in [6, 6.07) is 7.39. The lowest BCUT2D eigenvalue weighted by molar-refractivity contribution is -0.134. The second-order valence-corrected chi connectivity index (χ2v) is 5.02. The van der Waals surface area contributed by atoms with Gasteiger partial charge in [0.05, 0.1) is 12.7 Å². The Kier molecular flexibility index (Phi) is 5.79. The first kappa shape index (κ1) is 15.3. The van der Waals surface area contributed by atoms with Crippen LogP contribution >= 0.6 is 11.6 Å². The smallest absolute Gasteiger partial charge is 0.250 e. The Balaban J connectivity index is 1.86. The molecule has 1 fully saturated rings. The van der Waals surface area contributed by atoms with E-state index in [1.807, 2.05) is 12.1 Å². The molecule has 2 atom stereocenters. The van der Waals surface area contributed by atoms with Crippen LogP contribution in [0.2, 0.25) is 5.02 Å². The largest absolute Gasteiger partial charge is 0.375 e. The van der Waals surface area contributed by atoms with Crippen LogP contribution in [-0.4, -0.2) is 45.4 Å². The zero-order valence-corrected chi connectivity index (χ0v) is 12.2. The lowest BCUT2D eigenvalue weighted by atomic mass is 10.1. The molecule has 0 aromatic heterocycles. The Morgan fingerprint density at radius 2 is 2.30 bits per heavy atom. The monoisotopic (exact) mass is 298 g/mol. The first-order valence-electron chi connectivity index (χ1n) is 6.59. The van der Waals surface area contributed by atoms with E-state index in [1.54, 1.807) is 19.2 Å². The molecule has 1 aromatic carbocycles. The molecule has 5 nitrogen and oxygen atoms in total. The summed E-state index contributed by atoms with van der Waals surface area (Å²) in [5.41, 5.74) is 0.972. The number of benzene rings is 1. The highest BCUT2D eigenvalue weighted by Crippen LogP contribution is 2.18. The summed E-state index contributed by atoms with van der Waals surface area (Å²) in [6.07, 6.45) is -0.626. The minimum absolute atomic E-state index is 0.117. The Hall–Kier alpha value is -1.14. The average molecular weight is 299 g/mol. The highest BCUT2D eigenvalue weighted by Gasteiger charge is 2.22. The molecule has 0 bridgehead atoms. The van der Waals surface area contributed by atoms with Gasteiger partial charge in [-0.1, -0.05) is 23.7 Å². The van der Waals surface area contributed by atoms with Gasteiger partial charge in [0.15, 0.2) is 0 Å². The fourth-order valence-electron chi connectivity index (χ4n) is 2.06. The van der Waals surface area contributed by atoms with E-state index in [4.69, 9.17) is 21.1 Å². The number of hydrogen-bond donors (Lipinski definition) is 2. The van der Waals surface area contributed by atoms with Crippen molar-refractivity contribution in [3.63, 3.8) is 0 Å². The Labute approximate surface area is 123 Å². The van der Waals surface area contributed by atoms with Crippen molar-refractivity contribution in [2.45, 2.75) is 12.2 Å². The molecule has 1 aliphatic rings. The van der Waals surface area contributed by atoms with Crippen LogP contribution in [-0.2, 0) is 14.3 Å². The van der Waals surface area contributed by atoms with Gasteiger partial charge in [-0.15, -0.1) is 0 Å². The number of amides is 1. The SMILES string of the molecule is COC(CNC(=O)C1CNCCO1)c1ccc(Cl)cc1. The number of methoxy groups -OCH3 is 1. The number of morpholine rings is 1. The molecule has 1 aliphatic heterocycles. The van der Waals surface area contributed by atoms with Gasteiger partial charge in [0, 0.05) is 31.8 Å². The summed E-state index contributed by atoms with van der Waals surface area (Å²) >= 11 is 5.85. The van der Waals surface area contributed by atoms with Crippen LogP contribution in [0.15, 0.2) is 24.3 Å². The highest BCUT2D eigenvalue weighted by molar-refractivity contribution is 6.30. The van der Waals surface area contributed by atoms with Gasteiger partial charge in [0.2, 0.25) is 0 Å². The lowest BCUT2D eigenvalue weighted by Gasteiger charge is -2.24. The van der Waals surface area contributed by atoms with Crippen molar-refractivity contribution in [3.05, 3.63) is 34.9 Å². The quantitative estimate of drug-likeness (QED) is 0.856. The predicted octanol–water partition coefficient (Wildman–Crippen LogP) is 1.13. The van der Waals surface area contributed by atoms with Crippen LogP contribution in [0.4, 0.5) is 0 Å². The summed E-state index contributed by atoms with van der Waals surface area (Å²) in [4.78, 5) is 12.0. The summed E-state index contributed by atoms with van der Waals surface area (Å²) in [7, 11) is 1.62. The number of rotatable bonds is 5. The molecule has 0 spiro atoms. The topological polar surface area (TPSA) is 59.6 Å². The second-order valence-electron chi connectivity index (χ2n) is 4.58. The van der Waals surface area contributed by atoms with Gasteiger partial charge in [-0.3, -0.25) is 4.79 Å². The van der Waals surface area contributed by atoms with Crippen LogP contribution in [0.25, 0.3) is 0 Å². The van der Waals surface area contributed by atoms with Crippen molar-refractivity contribution in [2.24, 2.45) is 0 Å². The molecule has 1 amide bonds. The second kappa shape index (κ2) is 7.59. The van der Waals surface area contributed by atoms with Crippen molar-refractivity contribution in [1.82, 2.24) is 10.6 Å². The number of ether oxygens (including phenoxy) is 2. The Morgan fingerprint density at radius 1 is 1.55 bits per heavy atom. The minimum Gasteiger partial charge on any atom is -0.375 e. The third kappa shape index (κ3) is 4.18. The predicted molar refractivity (Wildman–Crippen MR) is 76.8 cm³/mol. The molecule has 20 heavy (non-hydrogen) atoms.